The molecule has 2 aromatic heterocycles. The summed E-state index contributed by atoms with van der Waals surface area (Å²) >= 11 is 0. The number of aryl methyl sites for hydroxylation is 2. The molecule has 0 radical (unpaired) electrons. The number of aromatic nitrogens is 4. The topological polar surface area (TPSA) is 315 Å². The number of hydrogen-bond acceptors (Lipinski definition) is 25. The van der Waals surface area contributed by atoms with Gasteiger partial charge in [0.1, 0.15) is 22.9 Å². The number of carbonyl (C=O) groups excluding carboxylic acids is 2. The van der Waals surface area contributed by atoms with Gasteiger partial charge in [-0.1, -0.05) is 38.8 Å². The van der Waals surface area contributed by atoms with E-state index in [1.807, 2.05) is 41.5 Å². The number of aliphatic hydroxyl groups is 1. The zero-order chi connectivity index (χ0) is 73.8. The van der Waals surface area contributed by atoms with Crippen LogP contribution in [0.4, 0.5) is 22.7 Å². The Morgan fingerprint density at radius 3 is 1.12 bits per heavy atom. The summed E-state index contributed by atoms with van der Waals surface area (Å²) in [6.07, 6.45) is 6.95. The van der Waals surface area contributed by atoms with Gasteiger partial charge in [0.15, 0.2) is 0 Å². The number of rotatable bonds is 49. The number of H-pyrrole nitrogens is 2. The number of unbranched alkanes of at least 4 members (excludes halogenated alkanes) is 2. The van der Waals surface area contributed by atoms with E-state index >= 15 is 0 Å². The summed E-state index contributed by atoms with van der Waals surface area (Å²) < 4.78 is 75.5. The van der Waals surface area contributed by atoms with Gasteiger partial charge in [0.25, 0.3) is 0 Å². The summed E-state index contributed by atoms with van der Waals surface area (Å²) in [6.45, 7) is 36.0. The molecule has 0 bridgehead atoms. The minimum Gasteiger partial charge on any atom is -0.460 e. The first-order valence-electron chi connectivity index (χ1n) is 37.3. The number of imidazole rings is 2. The van der Waals surface area contributed by atoms with Crippen LogP contribution in [0, 0.1) is 0 Å². The first kappa shape index (κ1) is 85.8. The first-order valence-corrected chi connectivity index (χ1v) is 37.3. The van der Waals surface area contributed by atoms with Crippen LogP contribution < -0.4 is 26.6 Å². The molecule has 27 nitrogen and oxygen atoms in total. The molecule has 0 spiro atoms. The quantitative estimate of drug-likeness (QED) is 0.0118. The molecule has 2 aliphatic rings. The van der Waals surface area contributed by atoms with Crippen LogP contribution in [0.5, 0.6) is 0 Å². The van der Waals surface area contributed by atoms with E-state index in [1.165, 1.54) is 23.2 Å². The molecule has 0 amide bonds. The lowest BCUT2D eigenvalue weighted by Crippen LogP contribution is -2.47. The van der Waals surface area contributed by atoms with Gasteiger partial charge in [0.05, 0.1) is 211 Å². The number of fused-ring (bicyclic) bond motifs is 6. The van der Waals surface area contributed by atoms with Gasteiger partial charge in [-0.2, -0.15) is 0 Å². The van der Waals surface area contributed by atoms with E-state index in [4.69, 9.17) is 92.9 Å². The molecule has 8 N–H and O–H groups in total. The second kappa shape index (κ2) is 49.6. The Morgan fingerprint density at radius 2 is 0.777 bits per heavy atom. The van der Waals surface area contributed by atoms with Gasteiger partial charge in [0.2, 0.25) is 0 Å². The van der Waals surface area contributed by atoms with Crippen molar-refractivity contribution in [3.8, 4) is 0 Å². The number of hydrogen-bond donors (Lipinski definition) is 6. The number of ether oxygens (including phenoxy) is 14. The summed E-state index contributed by atoms with van der Waals surface area (Å²) in [7, 11) is 0. The number of esters is 2. The fraction of sp³-hybridized carbons (Fsp3) is 0.684. The minimum atomic E-state index is -0.471. The Balaban J connectivity index is 0.000000268. The van der Waals surface area contributed by atoms with Crippen molar-refractivity contribution in [2.45, 2.75) is 118 Å². The fourth-order valence-electron chi connectivity index (χ4n) is 11.1. The third kappa shape index (κ3) is 34.8. The summed E-state index contributed by atoms with van der Waals surface area (Å²) in [5, 5.41) is 16.6. The molecule has 8 rings (SSSR count). The molecule has 0 aliphatic carbocycles. The smallest absolute Gasteiger partial charge is 0.308 e. The van der Waals surface area contributed by atoms with Crippen molar-refractivity contribution >= 4 is 78.3 Å². The number of aliphatic hydroxyl groups excluding tert-OH is 1. The summed E-state index contributed by atoms with van der Waals surface area (Å²) in [4.78, 5) is 47.1. The highest BCUT2D eigenvalue weighted by atomic mass is 16.6. The van der Waals surface area contributed by atoms with Crippen molar-refractivity contribution in [1.82, 2.24) is 30.2 Å². The van der Waals surface area contributed by atoms with Gasteiger partial charge in [-0.15, -0.1) is 0 Å². The van der Waals surface area contributed by atoms with Crippen molar-refractivity contribution in [2.24, 2.45) is 0 Å². The Morgan fingerprint density at radius 1 is 0.447 bits per heavy atom. The van der Waals surface area contributed by atoms with Crippen molar-refractivity contribution in [2.75, 3.05) is 245 Å². The van der Waals surface area contributed by atoms with Crippen molar-refractivity contribution in [1.29, 1.82) is 0 Å². The number of anilines is 4. The van der Waals surface area contributed by atoms with E-state index in [1.54, 1.807) is 0 Å². The molecule has 103 heavy (non-hydrogen) atoms. The number of nitrogens with zero attached hydrogens (tertiary/aromatic N) is 5. The van der Waals surface area contributed by atoms with Crippen LogP contribution >= 0.6 is 0 Å². The molecule has 2 aliphatic heterocycles. The monoisotopic (exact) mass is 1450 g/mol. The lowest BCUT2D eigenvalue weighted by atomic mass is 10.1. The SMILES string of the molecule is CC(C)(C)OC(=O)CCOCCOCCOCCOCCOCCOCCO.CCCCc1nc2c([nH]1)c(N)cc1ccc(N3CCN(CCOCCOCCOCCOCCOCCOCCC(=O)OC(C)(C)C)CC3)cc12.CCCCc1nc2c([nH]1)c(N)cc1ccc(N3CCNCC3)cc12. The minimum absolute atomic E-state index is 0.0256. The Hall–Kier alpha value is -6.12. The number of carbonyl (C=O) groups is 2. The molecule has 6 aromatic rings. The van der Waals surface area contributed by atoms with E-state index in [2.05, 4.69) is 92.4 Å². The molecule has 4 heterocycles. The van der Waals surface area contributed by atoms with Crippen LogP contribution in [0.15, 0.2) is 48.5 Å². The summed E-state index contributed by atoms with van der Waals surface area (Å²) in [6, 6.07) is 17.4. The Labute approximate surface area is 610 Å². The number of piperazine rings is 2. The summed E-state index contributed by atoms with van der Waals surface area (Å²) in [5.74, 6) is 1.53. The fourth-order valence-corrected chi connectivity index (χ4v) is 11.1. The number of nitrogen functional groups attached to an aromatic ring is 2. The highest BCUT2D eigenvalue weighted by Gasteiger charge is 2.21. The standard InChI is InChI=1S/C38H61N5O8.C19H25N5.C19H38O9/c1-5-6-7-34-40-36-32-29-31(9-8-30(32)28-33(39)37(36)41-34)43-13-11-42(12-14-43)15-17-46-19-21-48-23-25-50-27-26-49-24-22-47-20-18-45-16-10-35(44)51-38(2,3)4;1-2-3-4-17-22-18-15-12-14(24-9-7-21-8-10-24)6-5-13(15)11-16(20)19(18)23-17;1-19(2,3)28-18(21)4-6-22-8-10-24-12-14-26-16-17-27-15-13-25-11-9-23-7-5-20/h8-9,28-29H,5-7,10-27,39H2,1-4H3,(H,40,41);5-6,11-12,21H,2-4,7-10,20H2,1H3,(H,22,23);20H,4-17H2,1-3H3. The van der Waals surface area contributed by atoms with E-state index in [9.17, 15) is 9.59 Å². The maximum Gasteiger partial charge on any atom is 0.308 e. The highest BCUT2D eigenvalue weighted by molar-refractivity contribution is 6.11. The van der Waals surface area contributed by atoms with Gasteiger partial charge in [-0.05, 0) is 102 Å². The molecular weight excluding hydrogens is 1320 g/mol. The van der Waals surface area contributed by atoms with Gasteiger partial charge in [-0.3, -0.25) is 14.5 Å². The molecule has 27 heteroatoms. The predicted octanol–water partition coefficient (Wildman–Crippen LogP) is 8.45. The molecule has 0 saturated carbocycles. The normalized spacial score (nSPS) is 13.8. The van der Waals surface area contributed by atoms with Crippen LogP contribution in [0.25, 0.3) is 43.6 Å². The van der Waals surface area contributed by atoms with E-state index in [-0.39, 0.29) is 31.4 Å². The summed E-state index contributed by atoms with van der Waals surface area (Å²) in [5.41, 5.74) is 19.6. The zero-order valence-corrected chi connectivity index (χ0v) is 63.2. The van der Waals surface area contributed by atoms with E-state index < -0.39 is 11.2 Å². The third-order valence-electron chi connectivity index (χ3n) is 16.3. The van der Waals surface area contributed by atoms with Crippen LogP contribution in [0.3, 0.4) is 0 Å². The molecular formula is C76H124N10O17. The lowest BCUT2D eigenvalue weighted by molar-refractivity contribution is -0.157. The number of benzene rings is 4. The van der Waals surface area contributed by atoms with E-state index in [0.717, 1.165) is 152 Å². The highest BCUT2D eigenvalue weighted by Crippen LogP contribution is 2.34. The van der Waals surface area contributed by atoms with Gasteiger partial charge >= 0.3 is 11.9 Å². The van der Waals surface area contributed by atoms with Crippen LogP contribution in [-0.2, 0) is 88.7 Å². The van der Waals surface area contributed by atoms with Gasteiger partial charge in [0, 0.05) is 93.9 Å². The van der Waals surface area contributed by atoms with Crippen LogP contribution in [-0.4, -0.2) is 277 Å². The van der Waals surface area contributed by atoms with Crippen molar-refractivity contribution < 1.29 is 81.0 Å². The molecule has 0 unspecified atom stereocenters. The molecule has 580 valence electrons. The van der Waals surface area contributed by atoms with E-state index in [0.29, 0.717) is 159 Å². The van der Waals surface area contributed by atoms with Crippen LogP contribution in [0.1, 0.15) is 106 Å². The average Bonchev–Trinajstić information content (AvgIpc) is 1.71. The first-order chi connectivity index (χ1) is 49.9. The lowest BCUT2D eigenvalue weighted by Gasteiger charge is -2.36. The predicted molar refractivity (Wildman–Crippen MR) is 405 cm³/mol. The molecule has 2 saturated heterocycles. The average molecular weight is 1450 g/mol. The Bertz CT molecular complexity index is 3270. The number of nitrogens with one attached hydrogen (secondary N) is 3. The maximum atomic E-state index is 11.6. The Kier molecular flexibility index (Phi) is 41.3. The van der Waals surface area contributed by atoms with Gasteiger partial charge in [-0.25, -0.2) is 9.97 Å². The molecule has 0 atom stereocenters. The molecule has 4 aromatic carbocycles. The second-order valence-corrected chi connectivity index (χ2v) is 27.1. The second-order valence-electron chi connectivity index (χ2n) is 27.1. The number of nitrogens with two attached hydrogens (primary N) is 2. The van der Waals surface area contributed by atoms with Crippen LogP contribution in [0.2, 0.25) is 0 Å². The van der Waals surface area contributed by atoms with Crippen molar-refractivity contribution in [3.05, 3.63) is 60.2 Å². The third-order valence-corrected chi connectivity index (χ3v) is 16.3. The van der Waals surface area contributed by atoms with Gasteiger partial charge < -0.3 is 108 Å². The largest absolute Gasteiger partial charge is 0.460 e. The van der Waals surface area contributed by atoms with Crippen molar-refractivity contribution in [3.63, 3.8) is 0 Å². The maximum absolute atomic E-state index is 11.6. The number of aromatic amines is 2. The zero-order valence-electron chi connectivity index (χ0n) is 63.2. The molecule has 2 fully saturated rings.